The zero-order valence-electron chi connectivity index (χ0n) is 11.3. The lowest BCUT2D eigenvalue weighted by Crippen LogP contribution is -2.03. The van der Waals surface area contributed by atoms with Crippen molar-refractivity contribution in [1.29, 1.82) is 5.26 Å². The number of nitriles is 1. The van der Waals surface area contributed by atoms with E-state index in [9.17, 15) is 4.79 Å². The number of ketones is 1. The Labute approximate surface area is 118 Å². The molecule has 20 heavy (non-hydrogen) atoms. The van der Waals surface area contributed by atoms with Crippen molar-refractivity contribution in [3.8, 4) is 11.8 Å². The van der Waals surface area contributed by atoms with Gasteiger partial charge in [0.15, 0.2) is 5.78 Å². The third kappa shape index (κ3) is 3.24. The smallest absolute Gasteiger partial charge is 0.166 e. The lowest BCUT2D eigenvalue weighted by atomic mass is 10.1. The quantitative estimate of drug-likeness (QED) is 0.774. The normalized spacial score (nSPS) is 9.80. The van der Waals surface area contributed by atoms with Gasteiger partial charge in [-0.15, -0.1) is 0 Å². The molecule has 0 aliphatic carbocycles. The molecule has 0 amide bonds. The van der Waals surface area contributed by atoms with Crippen LogP contribution in [0.5, 0.6) is 5.75 Å². The number of ether oxygens (including phenoxy) is 1. The average Bonchev–Trinajstić information content (AvgIpc) is 2.52. The van der Waals surface area contributed by atoms with Crippen LogP contribution in [0.15, 0.2) is 48.5 Å². The minimum atomic E-state index is 0.0615. The van der Waals surface area contributed by atoms with Gasteiger partial charge in [0, 0.05) is 6.42 Å². The topological polar surface area (TPSA) is 50.1 Å². The molecule has 0 aliphatic heterocycles. The van der Waals surface area contributed by atoms with Gasteiger partial charge in [0.1, 0.15) is 12.4 Å². The van der Waals surface area contributed by atoms with E-state index >= 15 is 0 Å². The molecule has 100 valence electrons. The molecule has 0 bridgehead atoms. The number of carbonyl (C=O) groups excluding carboxylic acids is 1. The van der Waals surface area contributed by atoms with Gasteiger partial charge in [0.2, 0.25) is 0 Å². The van der Waals surface area contributed by atoms with Crippen LogP contribution in [-0.4, -0.2) is 5.78 Å². The molecule has 2 aromatic carbocycles. The van der Waals surface area contributed by atoms with Gasteiger partial charge in [-0.25, -0.2) is 0 Å². The second-order valence-electron chi connectivity index (χ2n) is 4.37. The molecule has 2 aromatic rings. The minimum Gasteiger partial charge on any atom is -0.488 e. The summed E-state index contributed by atoms with van der Waals surface area (Å²) < 4.78 is 5.72. The van der Waals surface area contributed by atoms with Crippen molar-refractivity contribution in [3.05, 3.63) is 65.2 Å². The molecular weight excluding hydrogens is 250 g/mol. The monoisotopic (exact) mass is 265 g/mol. The standard InChI is InChI=1S/C17H15NO2/c1-2-16(19)15-8-3-4-9-17(15)20-12-14-7-5-6-13(10-14)11-18/h3-10H,2,12H2,1H3. The molecule has 3 heteroatoms. The van der Waals surface area contributed by atoms with Gasteiger partial charge in [-0.1, -0.05) is 31.2 Å². The number of hydrogen-bond donors (Lipinski definition) is 0. The van der Waals surface area contributed by atoms with Crippen molar-refractivity contribution in [2.75, 3.05) is 0 Å². The van der Waals surface area contributed by atoms with Crippen LogP contribution in [0.2, 0.25) is 0 Å². The number of rotatable bonds is 5. The van der Waals surface area contributed by atoms with E-state index in [1.54, 1.807) is 24.3 Å². The van der Waals surface area contributed by atoms with Crippen molar-refractivity contribution in [2.24, 2.45) is 0 Å². The van der Waals surface area contributed by atoms with E-state index in [-0.39, 0.29) is 5.78 Å². The second kappa shape index (κ2) is 6.53. The lowest BCUT2D eigenvalue weighted by Gasteiger charge is -2.10. The molecule has 0 N–H and O–H groups in total. The van der Waals surface area contributed by atoms with Crippen molar-refractivity contribution < 1.29 is 9.53 Å². The first-order valence-corrected chi connectivity index (χ1v) is 6.48. The van der Waals surface area contributed by atoms with E-state index in [1.165, 1.54) is 0 Å². The van der Waals surface area contributed by atoms with Crippen LogP contribution in [0.25, 0.3) is 0 Å². The van der Waals surface area contributed by atoms with Crippen LogP contribution >= 0.6 is 0 Å². The fourth-order valence-corrected chi connectivity index (χ4v) is 1.91. The van der Waals surface area contributed by atoms with Crippen molar-refractivity contribution >= 4 is 5.78 Å². The van der Waals surface area contributed by atoms with Gasteiger partial charge < -0.3 is 4.74 Å². The van der Waals surface area contributed by atoms with E-state index < -0.39 is 0 Å². The van der Waals surface area contributed by atoms with Crippen LogP contribution in [0.1, 0.15) is 34.8 Å². The van der Waals surface area contributed by atoms with Gasteiger partial charge in [0.05, 0.1) is 17.2 Å². The highest BCUT2D eigenvalue weighted by Crippen LogP contribution is 2.21. The van der Waals surface area contributed by atoms with E-state index in [2.05, 4.69) is 6.07 Å². The summed E-state index contributed by atoms with van der Waals surface area (Å²) in [4.78, 5) is 11.8. The Morgan fingerprint density at radius 3 is 2.75 bits per heavy atom. The maximum Gasteiger partial charge on any atom is 0.166 e. The van der Waals surface area contributed by atoms with E-state index in [0.29, 0.717) is 29.9 Å². The third-order valence-electron chi connectivity index (χ3n) is 2.96. The summed E-state index contributed by atoms with van der Waals surface area (Å²) in [5.41, 5.74) is 2.11. The molecule has 0 spiro atoms. The van der Waals surface area contributed by atoms with Gasteiger partial charge >= 0.3 is 0 Å². The summed E-state index contributed by atoms with van der Waals surface area (Å²) in [6.07, 6.45) is 0.449. The van der Waals surface area contributed by atoms with Crippen LogP contribution in [0, 0.1) is 11.3 Å². The van der Waals surface area contributed by atoms with Crippen molar-refractivity contribution in [3.63, 3.8) is 0 Å². The van der Waals surface area contributed by atoms with Crippen LogP contribution in [0.3, 0.4) is 0 Å². The number of nitrogens with zero attached hydrogens (tertiary/aromatic N) is 1. The summed E-state index contributed by atoms with van der Waals surface area (Å²) in [6.45, 7) is 2.17. The zero-order chi connectivity index (χ0) is 14.4. The van der Waals surface area contributed by atoms with E-state index in [4.69, 9.17) is 10.00 Å². The summed E-state index contributed by atoms with van der Waals surface area (Å²) in [5.74, 6) is 0.646. The Morgan fingerprint density at radius 1 is 1.20 bits per heavy atom. The second-order valence-corrected chi connectivity index (χ2v) is 4.37. The fraction of sp³-hybridized carbons (Fsp3) is 0.176. The molecule has 2 rings (SSSR count). The minimum absolute atomic E-state index is 0.0615. The number of benzene rings is 2. The maximum absolute atomic E-state index is 11.8. The van der Waals surface area contributed by atoms with Crippen molar-refractivity contribution in [2.45, 2.75) is 20.0 Å². The fourth-order valence-electron chi connectivity index (χ4n) is 1.91. The molecular formula is C17H15NO2. The Bertz CT molecular complexity index is 656. The Balaban J connectivity index is 2.15. The first-order chi connectivity index (χ1) is 9.74. The highest BCUT2D eigenvalue weighted by atomic mass is 16.5. The summed E-state index contributed by atoms with van der Waals surface area (Å²) in [7, 11) is 0. The first-order valence-electron chi connectivity index (χ1n) is 6.48. The molecule has 0 saturated heterocycles. The maximum atomic E-state index is 11.8. The van der Waals surface area contributed by atoms with Gasteiger partial charge in [-0.05, 0) is 29.8 Å². The van der Waals surface area contributed by atoms with Gasteiger partial charge in [0.25, 0.3) is 0 Å². The molecule has 0 radical (unpaired) electrons. The highest BCUT2D eigenvalue weighted by molar-refractivity contribution is 5.98. The lowest BCUT2D eigenvalue weighted by molar-refractivity contribution is 0.0983. The van der Waals surface area contributed by atoms with Gasteiger partial charge in [-0.2, -0.15) is 5.26 Å². The molecule has 0 atom stereocenters. The van der Waals surface area contributed by atoms with E-state index in [0.717, 1.165) is 5.56 Å². The summed E-state index contributed by atoms with van der Waals surface area (Å²) in [5, 5.41) is 8.86. The predicted octanol–water partition coefficient (Wildman–Crippen LogP) is 3.73. The van der Waals surface area contributed by atoms with Crippen molar-refractivity contribution in [1.82, 2.24) is 0 Å². The summed E-state index contributed by atoms with van der Waals surface area (Å²) in [6, 6.07) is 16.6. The third-order valence-corrected chi connectivity index (χ3v) is 2.96. The van der Waals surface area contributed by atoms with Crippen LogP contribution in [0.4, 0.5) is 0 Å². The highest BCUT2D eigenvalue weighted by Gasteiger charge is 2.10. The molecule has 0 unspecified atom stereocenters. The van der Waals surface area contributed by atoms with Gasteiger partial charge in [-0.3, -0.25) is 4.79 Å². The van der Waals surface area contributed by atoms with Crippen LogP contribution < -0.4 is 4.74 Å². The Hall–Kier alpha value is -2.60. The predicted molar refractivity (Wildman–Crippen MR) is 76.6 cm³/mol. The largest absolute Gasteiger partial charge is 0.488 e. The molecule has 3 nitrogen and oxygen atoms in total. The van der Waals surface area contributed by atoms with E-state index in [1.807, 2.05) is 31.2 Å². The number of hydrogen-bond acceptors (Lipinski definition) is 3. The average molecular weight is 265 g/mol. The van der Waals surface area contributed by atoms with Crippen LogP contribution in [-0.2, 0) is 6.61 Å². The zero-order valence-corrected chi connectivity index (χ0v) is 11.3. The molecule has 0 fully saturated rings. The first kappa shape index (κ1) is 13.8. The molecule has 0 heterocycles. The Morgan fingerprint density at radius 2 is 2.00 bits per heavy atom. The number of para-hydroxylation sites is 1. The molecule has 0 aliphatic rings. The number of carbonyl (C=O) groups is 1. The SMILES string of the molecule is CCC(=O)c1ccccc1OCc1cccc(C#N)c1. The summed E-state index contributed by atoms with van der Waals surface area (Å²) >= 11 is 0. The Kier molecular flexibility index (Phi) is 4.52. The molecule has 0 aromatic heterocycles. The molecule has 0 saturated carbocycles. The number of Topliss-reactive ketones (excluding diaryl/α,β-unsaturated/α-hetero) is 1.